The molecule has 0 aliphatic heterocycles. The Morgan fingerprint density at radius 2 is 1.88 bits per heavy atom. The van der Waals surface area contributed by atoms with Crippen LogP contribution in [0.2, 0.25) is 10.0 Å². The second-order valence-electron chi connectivity index (χ2n) is 5.12. The average molecular weight is 382 g/mol. The third-order valence-electron chi connectivity index (χ3n) is 3.45. The number of rotatable bonds is 3. The number of amides is 1. The fourth-order valence-corrected chi connectivity index (χ4v) is 2.62. The minimum Gasteiger partial charge on any atom is -0.331 e. The van der Waals surface area contributed by atoms with E-state index in [9.17, 15) is 4.79 Å². The van der Waals surface area contributed by atoms with E-state index in [1.807, 2.05) is 25.1 Å². The highest BCUT2D eigenvalue weighted by Gasteiger charge is 2.10. The number of carbonyl (C=O) groups is 1. The standard InChI is InChI=1S/C17H17Cl2N3OS/c1-3-11-6-4-5-10(2)15(11)20-17(24)22-21-16(23)12-7-8-13(18)14(19)9-12/h4-9H,3H2,1-2H3,(H,21,23)(H2,20,22,24). The monoisotopic (exact) mass is 381 g/mol. The lowest BCUT2D eigenvalue weighted by atomic mass is 10.1. The fraction of sp³-hybridized carbons (Fsp3) is 0.176. The van der Waals surface area contributed by atoms with Crippen molar-refractivity contribution in [2.75, 3.05) is 5.32 Å². The Balaban J connectivity index is 1.98. The van der Waals surface area contributed by atoms with Crippen LogP contribution >= 0.6 is 35.4 Å². The first-order valence-corrected chi connectivity index (χ1v) is 8.49. The number of halogens is 2. The number of benzene rings is 2. The summed E-state index contributed by atoms with van der Waals surface area (Å²) in [5, 5.41) is 4.12. The predicted molar refractivity (Wildman–Crippen MR) is 104 cm³/mol. The molecular formula is C17H17Cl2N3OS. The first-order chi connectivity index (χ1) is 11.4. The Hall–Kier alpha value is -1.82. The molecule has 2 rings (SSSR count). The van der Waals surface area contributed by atoms with E-state index in [0.717, 1.165) is 23.2 Å². The molecule has 0 saturated heterocycles. The van der Waals surface area contributed by atoms with E-state index in [-0.39, 0.29) is 5.91 Å². The van der Waals surface area contributed by atoms with Crippen LogP contribution in [0.3, 0.4) is 0 Å². The Kier molecular flexibility index (Phi) is 6.43. The highest BCUT2D eigenvalue weighted by atomic mass is 35.5. The maximum absolute atomic E-state index is 12.1. The van der Waals surface area contributed by atoms with Gasteiger partial charge in [0.05, 0.1) is 10.0 Å². The minimum atomic E-state index is -0.363. The van der Waals surface area contributed by atoms with Gasteiger partial charge in [-0.15, -0.1) is 0 Å². The van der Waals surface area contributed by atoms with Gasteiger partial charge in [0.2, 0.25) is 0 Å². The molecule has 4 nitrogen and oxygen atoms in total. The molecule has 7 heteroatoms. The molecule has 0 fully saturated rings. The van der Waals surface area contributed by atoms with Crippen molar-refractivity contribution in [1.82, 2.24) is 10.9 Å². The molecule has 3 N–H and O–H groups in total. The lowest BCUT2D eigenvalue weighted by molar-refractivity contribution is 0.0944. The van der Waals surface area contributed by atoms with Crippen LogP contribution in [0.25, 0.3) is 0 Å². The lowest BCUT2D eigenvalue weighted by Gasteiger charge is -2.16. The fourth-order valence-electron chi connectivity index (χ4n) is 2.17. The maximum atomic E-state index is 12.1. The molecule has 0 unspecified atom stereocenters. The third kappa shape index (κ3) is 4.60. The van der Waals surface area contributed by atoms with Crippen molar-refractivity contribution in [3.8, 4) is 0 Å². The molecule has 126 valence electrons. The van der Waals surface area contributed by atoms with Crippen molar-refractivity contribution in [2.24, 2.45) is 0 Å². The third-order valence-corrected chi connectivity index (χ3v) is 4.39. The van der Waals surface area contributed by atoms with Gasteiger partial charge in [-0.05, 0) is 54.9 Å². The normalized spacial score (nSPS) is 10.2. The number of nitrogens with one attached hydrogen (secondary N) is 3. The van der Waals surface area contributed by atoms with Crippen LogP contribution in [0.4, 0.5) is 5.69 Å². The van der Waals surface area contributed by atoms with E-state index in [1.54, 1.807) is 12.1 Å². The first kappa shape index (κ1) is 18.5. The molecule has 2 aromatic carbocycles. The van der Waals surface area contributed by atoms with Crippen molar-refractivity contribution in [3.05, 3.63) is 63.1 Å². The molecule has 0 aromatic heterocycles. The summed E-state index contributed by atoms with van der Waals surface area (Å²) in [6.07, 6.45) is 0.877. The zero-order valence-electron chi connectivity index (χ0n) is 13.2. The molecule has 0 bridgehead atoms. The maximum Gasteiger partial charge on any atom is 0.269 e. The van der Waals surface area contributed by atoms with Gasteiger partial charge in [0.25, 0.3) is 5.91 Å². The van der Waals surface area contributed by atoms with Crippen molar-refractivity contribution in [3.63, 3.8) is 0 Å². The Morgan fingerprint density at radius 1 is 1.12 bits per heavy atom. The average Bonchev–Trinajstić information content (AvgIpc) is 2.57. The highest BCUT2D eigenvalue weighted by molar-refractivity contribution is 7.80. The summed E-state index contributed by atoms with van der Waals surface area (Å²) in [6.45, 7) is 4.07. The summed E-state index contributed by atoms with van der Waals surface area (Å²) in [6, 6.07) is 10.7. The summed E-state index contributed by atoms with van der Waals surface area (Å²) in [5.74, 6) is -0.363. The number of para-hydroxylation sites is 1. The number of hydrogen-bond donors (Lipinski definition) is 3. The zero-order chi connectivity index (χ0) is 17.7. The van der Waals surface area contributed by atoms with Gasteiger partial charge in [0.1, 0.15) is 0 Å². The SMILES string of the molecule is CCc1cccc(C)c1NC(=S)NNC(=O)c1ccc(Cl)c(Cl)c1. The van der Waals surface area contributed by atoms with Crippen LogP contribution < -0.4 is 16.2 Å². The van der Waals surface area contributed by atoms with Gasteiger partial charge in [-0.25, -0.2) is 0 Å². The Labute approximate surface area is 156 Å². The minimum absolute atomic E-state index is 0.299. The van der Waals surface area contributed by atoms with Crippen LogP contribution in [-0.4, -0.2) is 11.0 Å². The zero-order valence-corrected chi connectivity index (χ0v) is 15.6. The Bertz CT molecular complexity index is 780. The summed E-state index contributed by atoms with van der Waals surface area (Å²) < 4.78 is 0. The second kappa shape index (κ2) is 8.33. The van der Waals surface area contributed by atoms with Crippen molar-refractivity contribution >= 4 is 52.1 Å². The molecule has 1 amide bonds. The lowest BCUT2D eigenvalue weighted by Crippen LogP contribution is -2.44. The van der Waals surface area contributed by atoms with Gasteiger partial charge in [0.15, 0.2) is 5.11 Å². The van der Waals surface area contributed by atoms with E-state index in [2.05, 4.69) is 23.1 Å². The number of thiocarbonyl (C=S) groups is 1. The van der Waals surface area contributed by atoms with E-state index in [4.69, 9.17) is 35.4 Å². The molecule has 0 aliphatic rings. The molecule has 24 heavy (non-hydrogen) atoms. The van der Waals surface area contributed by atoms with Crippen LogP contribution in [0.5, 0.6) is 0 Å². The van der Waals surface area contributed by atoms with Crippen molar-refractivity contribution in [2.45, 2.75) is 20.3 Å². The topological polar surface area (TPSA) is 53.2 Å². The van der Waals surface area contributed by atoms with Gasteiger partial charge in [-0.3, -0.25) is 15.6 Å². The number of hydrazine groups is 1. The smallest absolute Gasteiger partial charge is 0.269 e. The number of anilines is 1. The predicted octanol–water partition coefficient (Wildman–Crippen LogP) is 4.50. The van der Waals surface area contributed by atoms with Crippen LogP contribution in [-0.2, 0) is 6.42 Å². The van der Waals surface area contributed by atoms with E-state index < -0.39 is 0 Å². The van der Waals surface area contributed by atoms with Crippen molar-refractivity contribution < 1.29 is 4.79 Å². The largest absolute Gasteiger partial charge is 0.331 e. The van der Waals surface area contributed by atoms with Gasteiger partial charge < -0.3 is 5.32 Å². The molecule has 0 aliphatic carbocycles. The summed E-state index contributed by atoms with van der Waals surface area (Å²) in [7, 11) is 0. The van der Waals surface area contributed by atoms with Gasteiger partial charge in [-0.1, -0.05) is 48.3 Å². The van der Waals surface area contributed by atoms with E-state index >= 15 is 0 Å². The molecule has 0 heterocycles. The van der Waals surface area contributed by atoms with E-state index in [0.29, 0.717) is 20.7 Å². The van der Waals surface area contributed by atoms with Crippen molar-refractivity contribution in [1.29, 1.82) is 0 Å². The van der Waals surface area contributed by atoms with Gasteiger partial charge in [-0.2, -0.15) is 0 Å². The van der Waals surface area contributed by atoms with Crippen LogP contribution in [0, 0.1) is 6.92 Å². The highest BCUT2D eigenvalue weighted by Crippen LogP contribution is 2.22. The molecule has 0 radical (unpaired) electrons. The number of hydrogen-bond acceptors (Lipinski definition) is 2. The quantitative estimate of drug-likeness (QED) is 0.541. The van der Waals surface area contributed by atoms with Gasteiger partial charge >= 0.3 is 0 Å². The van der Waals surface area contributed by atoms with Crippen LogP contribution in [0.1, 0.15) is 28.4 Å². The second-order valence-corrected chi connectivity index (χ2v) is 6.35. The number of carbonyl (C=O) groups excluding carboxylic acids is 1. The Morgan fingerprint density at radius 3 is 2.54 bits per heavy atom. The summed E-state index contributed by atoms with van der Waals surface area (Å²) >= 11 is 17.0. The van der Waals surface area contributed by atoms with E-state index in [1.165, 1.54) is 6.07 Å². The van der Waals surface area contributed by atoms with Gasteiger partial charge in [0, 0.05) is 11.3 Å². The number of aryl methyl sites for hydroxylation is 2. The van der Waals surface area contributed by atoms with Crippen LogP contribution in [0.15, 0.2) is 36.4 Å². The molecule has 0 spiro atoms. The first-order valence-electron chi connectivity index (χ1n) is 7.33. The summed E-state index contributed by atoms with van der Waals surface area (Å²) in [5.41, 5.74) is 8.77. The summed E-state index contributed by atoms with van der Waals surface area (Å²) in [4.78, 5) is 12.1. The molecule has 0 atom stereocenters. The molecule has 2 aromatic rings. The molecule has 0 saturated carbocycles. The molecular weight excluding hydrogens is 365 g/mol.